The van der Waals surface area contributed by atoms with E-state index in [1.165, 1.54) is 23.9 Å². The van der Waals surface area contributed by atoms with Crippen molar-refractivity contribution >= 4 is 45.2 Å². The maximum absolute atomic E-state index is 2.55. The Morgan fingerprint density at radius 1 is 1.42 bits per heavy atom. The fourth-order valence-electron chi connectivity index (χ4n) is 1.50. The summed E-state index contributed by atoms with van der Waals surface area (Å²) in [6.45, 7) is 2.46. The predicted molar refractivity (Wildman–Crippen MR) is 70.4 cm³/mol. The molecule has 0 aromatic carbocycles. The predicted octanol–water partition coefficient (Wildman–Crippen LogP) is 1.82. The minimum absolute atomic E-state index is 0.715. The molecule has 1 saturated heterocycles. The summed E-state index contributed by atoms with van der Waals surface area (Å²) in [4.78, 5) is 4.95. The standard InChI is InChI=1S/C8H16I2N2/c1-11-4-3-8(10)12(2)7(5-9)6-11/h7-8H,3-6H2,1-2H3. The number of rotatable bonds is 1. The molecule has 0 spiro atoms. The highest BCUT2D eigenvalue weighted by Crippen LogP contribution is 2.19. The Labute approximate surface area is 102 Å². The first-order chi connectivity index (χ1) is 5.65. The van der Waals surface area contributed by atoms with Crippen molar-refractivity contribution in [1.29, 1.82) is 0 Å². The molecule has 1 aliphatic rings. The van der Waals surface area contributed by atoms with Crippen LogP contribution in [0.15, 0.2) is 0 Å². The van der Waals surface area contributed by atoms with Gasteiger partial charge in [-0.1, -0.05) is 45.2 Å². The zero-order chi connectivity index (χ0) is 9.14. The summed E-state index contributed by atoms with van der Waals surface area (Å²) in [7, 11) is 4.47. The van der Waals surface area contributed by atoms with E-state index < -0.39 is 0 Å². The molecule has 1 rings (SSSR count). The van der Waals surface area contributed by atoms with Gasteiger partial charge in [-0.05, 0) is 20.5 Å². The molecule has 0 bridgehead atoms. The highest BCUT2D eigenvalue weighted by Gasteiger charge is 2.24. The molecule has 0 aromatic heterocycles. The molecule has 0 saturated carbocycles. The third-order valence-corrected chi connectivity index (χ3v) is 4.99. The molecule has 12 heavy (non-hydrogen) atoms. The lowest BCUT2D eigenvalue weighted by Crippen LogP contribution is -2.41. The highest BCUT2D eigenvalue weighted by molar-refractivity contribution is 14.1. The van der Waals surface area contributed by atoms with Gasteiger partial charge in [-0.15, -0.1) is 0 Å². The van der Waals surface area contributed by atoms with Crippen molar-refractivity contribution in [1.82, 2.24) is 9.80 Å². The summed E-state index contributed by atoms with van der Waals surface area (Å²) < 4.78 is 1.95. The van der Waals surface area contributed by atoms with Crippen molar-refractivity contribution in [2.45, 2.75) is 16.5 Å². The molecule has 1 aliphatic heterocycles. The summed E-state index contributed by atoms with van der Waals surface area (Å²) in [5.41, 5.74) is 0. The van der Waals surface area contributed by atoms with Gasteiger partial charge >= 0.3 is 0 Å². The van der Waals surface area contributed by atoms with E-state index in [4.69, 9.17) is 0 Å². The van der Waals surface area contributed by atoms with Gasteiger partial charge in [0.25, 0.3) is 0 Å². The second-order valence-corrected chi connectivity index (χ2v) is 5.78. The maximum Gasteiger partial charge on any atom is 0.0631 e. The monoisotopic (exact) mass is 394 g/mol. The topological polar surface area (TPSA) is 6.48 Å². The van der Waals surface area contributed by atoms with Gasteiger partial charge in [-0.3, -0.25) is 4.90 Å². The summed E-state index contributed by atoms with van der Waals surface area (Å²) in [5, 5.41) is 0. The zero-order valence-electron chi connectivity index (χ0n) is 7.63. The van der Waals surface area contributed by atoms with Crippen LogP contribution in [-0.4, -0.2) is 51.5 Å². The first-order valence-electron chi connectivity index (χ1n) is 4.25. The van der Waals surface area contributed by atoms with Gasteiger partial charge in [0, 0.05) is 23.6 Å². The Morgan fingerprint density at radius 3 is 2.67 bits per heavy atom. The van der Waals surface area contributed by atoms with Crippen LogP contribution < -0.4 is 0 Å². The van der Waals surface area contributed by atoms with Crippen molar-refractivity contribution in [2.24, 2.45) is 0 Å². The molecule has 0 N–H and O–H groups in total. The van der Waals surface area contributed by atoms with E-state index in [0.29, 0.717) is 4.05 Å². The lowest BCUT2D eigenvalue weighted by molar-refractivity contribution is 0.241. The van der Waals surface area contributed by atoms with Gasteiger partial charge in [0.15, 0.2) is 0 Å². The number of hydrogen-bond donors (Lipinski definition) is 0. The molecule has 0 amide bonds. The average molecular weight is 394 g/mol. The van der Waals surface area contributed by atoms with E-state index in [0.717, 1.165) is 6.04 Å². The molecule has 0 radical (unpaired) electrons. The lowest BCUT2D eigenvalue weighted by atomic mass is 10.3. The van der Waals surface area contributed by atoms with E-state index in [1.807, 2.05) is 0 Å². The van der Waals surface area contributed by atoms with Crippen LogP contribution in [-0.2, 0) is 0 Å². The van der Waals surface area contributed by atoms with Gasteiger partial charge < -0.3 is 4.90 Å². The van der Waals surface area contributed by atoms with Crippen molar-refractivity contribution in [3.05, 3.63) is 0 Å². The maximum atomic E-state index is 2.55. The molecular weight excluding hydrogens is 378 g/mol. The van der Waals surface area contributed by atoms with Crippen LogP contribution in [0.5, 0.6) is 0 Å². The first kappa shape index (κ1) is 11.5. The van der Waals surface area contributed by atoms with Gasteiger partial charge in [-0.25, -0.2) is 0 Å². The van der Waals surface area contributed by atoms with E-state index >= 15 is 0 Å². The highest BCUT2D eigenvalue weighted by atomic mass is 127. The Kier molecular flexibility index (Phi) is 5.07. The number of nitrogens with zero attached hydrogens (tertiary/aromatic N) is 2. The molecule has 2 unspecified atom stereocenters. The summed E-state index contributed by atoms with van der Waals surface area (Å²) in [6.07, 6.45) is 1.29. The molecule has 0 aromatic rings. The Bertz CT molecular complexity index is 143. The van der Waals surface area contributed by atoms with Gasteiger partial charge in [0.05, 0.1) is 4.05 Å². The SMILES string of the molecule is CN1CCC(I)N(C)C(CI)C1. The van der Waals surface area contributed by atoms with Crippen LogP contribution in [0, 0.1) is 0 Å². The molecular formula is C8H16I2N2. The summed E-state index contributed by atoms with van der Waals surface area (Å²) in [6, 6.07) is 0.736. The second kappa shape index (κ2) is 5.31. The Balaban J connectivity index is 2.58. The van der Waals surface area contributed by atoms with Crippen LogP contribution in [0.1, 0.15) is 6.42 Å². The quantitative estimate of drug-likeness (QED) is 0.381. The van der Waals surface area contributed by atoms with E-state index in [2.05, 4.69) is 69.1 Å². The van der Waals surface area contributed by atoms with E-state index in [1.54, 1.807) is 0 Å². The smallest absolute Gasteiger partial charge is 0.0631 e. The minimum atomic E-state index is 0.715. The van der Waals surface area contributed by atoms with Crippen LogP contribution in [0.2, 0.25) is 0 Å². The number of alkyl halides is 2. The van der Waals surface area contributed by atoms with Crippen molar-refractivity contribution in [3.63, 3.8) is 0 Å². The Hall–Kier alpha value is 1.38. The van der Waals surface area contributed by atoms with Crippen LogP contribution >= 0.6 is 45.2 Å². The molecule has 4 heteroatoms. The zero-order valence-corrected chi connectivity index (χ0v) is 11.9. The van der Waals surface area contributed by atoms with E-state index in [-0.39, 0.29) is 0 Å². The normalized spacial score (nSPS) is 35.0. The fourth-order valence-corrected chi connectivity index (χ4v) is 3.13. The summed E-state index contributed by atoms with van der Waals surface area (Å²) in [5.74, 6) is 0. The summed E-state index contributed by atoms with van der Waals surface area (Å²) >= 11 is 5.04. The average Bonchev–Trinajstić information content (AvgIpc) is 2.18. The molecule has 2 nitrogen and oxygen atoms in total. The fraction of sp³-hybridized carbons (Fsp3) is 1.00. The molecule has 0 aliphatic carbocycles. The van der Waals surface area contributed by atoms with Crippen LogP contribution in [0.4, 0.5) is 0 Å². The van der Waals surface area contributed by atoms with Crippen molar-refractivity contribution in [3.8, 4) is 0 Å². The van der Waals surface area contributed by atoms with Gasteiger partial charge in [-0.2, -0.15) is 0 Å². The number of halogens is 2. The van der Waals surface area contributed by atoms with E-state index in [9.17, 15) is 0 Å². The third kappa shape index (κ3) is 2.95. The van der Waals surface area contributed by atoms with Crippen LogP contribution in [0.3, 0.4) is 0 Å². The van der Waals surface area contributed by atoms with Gasteiger partial charge in [0.1, 0.15) is 0 Å². The molecule has 2 atom stereocenters. The lowest BCUT2D eigenvalue weighted by Gasteiger charge is -2.28. The van der Waals surface area contributed by atoms with Crippen LogP contribution in [0.25, 0.3) is 0 Å². The molecule has 72 valence electrons. The van der Waals surface area contributed by atoms with Crippen molar-refractivity contribution < 1.29 is 0 Å². The third-order valence-electron chi connectivity index (χ3n) is 2.47. The number of hydrogen-bond acceptors (Lipinski definition) is 2. The largest absolute Gasteiger partial charge is 0.305 e. The minimum Gasteiger partial charge on any atom is -0.305 e. The molecule has 1 heterocycles. The Morgan fingerprint density at radius 2 is 2.08 bits per heavy atom. The van der Waals surface area contributed by atoms with Gasteiger partial charge in [0.2, 0.25) is 0 Å². The second-order valence-electron chi connectivity index (χ2n) is 3.46. The number of likely N-dealkylation sites (N-methyl/N-ethyl adjacent to an activating group) is 2. The first-order valence-corrected chi connectivity index (χ1v) is 7.02. The van der Waals surface area contributed by atoms with Crippen molar-refractivity contribution in [2.75, 3.05) is 31.6 Å². The molecule has 1 fully saturated rings.